The number of unbranched alkanes of at least 4 members (excludes halogenated alkanes) is 1. The van der Waals surface area contributed by atoms with Crippen molar-refractivity contribution in [2.45, 2.75) is 46.1 Å². The maximum Gasteiger partial charge on any atom is 0.227 e. The van der Waals surface area contributed by atoms with Crippen LogP contribution in [0.3, 0.4) is 0 Å². The lowest BCUT2D eigenvalue weighted by Gasteiger charge is -2.16. The molecule has 7 heteroatoms. The van der Waals surface area contributed by atoms with E-state index in [0.717, 1.165) is 62.7 Å². The lowest BCUT2D eigenvalue weighted by molar-refractivity contribution is -0.117. The number of carbonyl (C=O) groups excluding carboxylic acids is 1. The van der Waals surface area contributed by atoms with Gasteiger partial charge in [-0.25, -0.2) is 4.99 Å². The second-order valence-corrected chi connectivity index (χ2v) is 6.40. The molecule has 2 rings (SSSR count). The number of ether oxygens (including phenoxy) is 1. The molecule has 1 fully saturated rings. The zero-order chi connectivity index (χ0) is 18.6. The van der Waals surface area contributed by atoms with Crippen molar-refractivity contribution in [3.05, 3.63) is 29.8 Å². The van der Waals surface area contributed by atoms with Crippen LogP contribution in [0.15, 0.2) is 29.3 Å². The van der Waals surface area contributed by atoms with Gasteiger partial charge >= 0.3 is 0 Å². The minimum Gasteiger partial charge on any atom is -0.380 e. The fourth-order valence-electron chi connectivity index (χ4n) is 2.80. The Morgan fingerprint density at radius 3 is 2.59 bits per heavy atom. The summed E-state index contributed by atoms with van der Waals surface area (Å²) < 4.78 is 5.56. The second-order valence-electron chi connectivity index (χ2n) is 6.40. The van der Waals surface area contributed by atoms with Crippen molar-refractivity contribution in [3.8, 4) is 0 Å². The molecule has 1 aromatic rings. The van der Waals surface area contributed by atoms with Crippen LogP contribution in [0.1, 0.15) is 45.1 Å². The van der Waals surface area contributed by atoms with Crippen LogP contribution in [0.5, 0.6) is 0 Å². The number of nitrogens with one attached hydrogen (secondary N) is 2. The van der Waals surface area contributed by atoms with Crippen molar-refractivity contribution in [3.63, 3.8) is 0 Å². The molecule has 27 heavy (non-hydrogen) atoms. The van der Waals surface area contributed by atoms with Crippen LogP contribution in [0.2, 0.25) is 0 Å². The van der Waals surface area contributed by atoms with Gasteiger partial charge in [-0.2, -0.15) is 0 Å². The third kappa shape index (κ3) is 8.47. The van der Waals surface area contributed by atoms with Gasteiger partial charge in [0.1, 0.15) is 0 Å². The first-order valence-electron chi connectivity index (χ1n) is 9.73. The maximum atomic E-state index is 11.8. The number of benzene rings is 1. The summed E-state index contributed by atoms with van der Waals surface area (Å²) in [6.07, 6.45) is 3.87. The molecule has 1 aliphatic rings. The Bertz CT molecular complexity index is 578. The van der Waals surface area contributed by atoms with Gasteiger partial charge in [-0.1, -0.05) is 25.5 Å². The lowest BCUT2D eigenvalue weighted by Crippen LogP contribution is -2.39. The zero-order valence-corrected chi connectivity index (χ0v) is 18.8. The lowest BCUT2D eigenvalue weighted by atomic mass is 10.2. The third-order valence-corrected chi connectivity index (χ3v) is 4.27. The molecule has 0 unspecified atom stereocenters. The molecule has 0 aliphatic carbocycles. The Morgan fingerprint density at radius 2 is 1.96 bits per heavy atom. The largest absolute Gasteiger partial charge is 0.380 e. The maximum absolute atomic E-state index is 11.8. The summed E-state index contributed by atoms with van der Waals surface area (Å²) in [4.78, 5) is 18.3. The Kier molecular flexibility index (Phi) is 12.1. The molecule has 0 atom stereocenters. The Balaban J connectivity index is 0.00000364. The molecule has 1 saturated heterocycles. The first-order valence-corrected chi connectivity index (χ1v) is 9.73. The Morgan fingerprint density at radius 1 is 1.19 bits per heavy atom. The van der Waals surface area contributed by atoms with Crippen LogP contribution >= 0.6 is 24.0 Å². The van der Waals surface area contributed by atoms with Crippen molar-refractivity contribution >= 4 is 41.5 Å². The van der Waals surface area contributed by atoms with Crippen molar-refractivity contribution in [1.29, 1.82) is 0 Å². The SMILES string of the molecule is CCCCOCCNC(=NCc1ccc(N2CCCC2=O)cc1)NCC.I. The van der Waals surface area contributed by atoms with Crippen LogP contribution in [0.4, 0.5) is 5.69 Å². The average molecular weight is 488 g/mol. The van der Waals surface area contributed by atoms with Gasteiger partial charge in [-0.05, 0) is 37.5 Å². The predicted octanol–water partition coefficient (Wildman–Crippen LogP) is 3.30. The molecule has 1 amide bonds. The number of amides is 1. The van der Waals surface area contributed by atoms with Gasteiger partial charge in [0.05, 0.1) is 13.2 Å². The van der Waals surface area contributed by atoms with Crippen molar-refractivity contribution in [1.82, 2.24) is 10.6 Å². The number of rotatable bonds is 10. The van der Waals surface area contributed by atoms with Gasteiger partial charge in [0.2, 0.25) is 5.91 Å². The van der Waals surface area contributed by atoms with Crippen molar-refractivity contribution in [2.24, 2.45) is 4.99 Å². The summed E-state index contributed by atoms with van der Waals surface area (Å²) in [6, 6.07) is 8.11. The number of halogens is 1. The number of hydrogen-bond donors (Lipinski definition) is 2. The summed E-state index contributed by atoms with van der Waals surface area (Å²) >= 11 is 0. The van der Waals surface area contributed by atoms with Crippen molar-refractivity contribution in [2.75, 3.05) is 37.7 Å². The smallest absolute Gasteiger partial charge is 0.227 e. The highest BCUT2D eigenvalue weighted by molar-refractivity contribution is 14.0. The van der Waals surface area contributed by atoms with Gasteiger partial charge in [0.15, 0.2) is 5.96 Å². The number of carbonyl (C=O) groups is 1. The minimum absolute atomic E-state index is 0. The molecule has 0 aromatic heterocycles. The van der Waals surface area contributed by atoms with Crippen LogP contribution < -0.4 is 15.5 Å². The van der Waals surface area contributed by atoms with E-state index in [-0.39, 0.29) is 29.9 Å². The highest BCUT2D eigenvalue weighted by Crippen LogP contribution is 2.21. The van der Waals surface area contributed by atoms with Gasteiger partial charge in [-0.15, -0.1) is 24.0 Å². The number of guanidine groups is 1. The normalized spacial score (nSPS) is 14.2. The highest BCUT2D eigenvalue weighted by atomic mass is 127. The molecular weight excluding hydrogens is 455 g/mol. The van der Waals surface area contributed by atoms with E-state index >= 15 is 0 Å². The molecule has 1 aliphatic heterocycles. The molecule has 0 radical (unpaired) electrons. The highest BCUT2D eigenvalue weighted by Gasteiger charge is 2.21. The average Bonchev–Trinajstić information content (AvgIpc) is 3.09. The Hall–Kier alpha value is -1.35. The van der Waals surface area contributed by atoms with Crippen LogP contribution in [-0.2, 0) is 16.1 Å². The molecular formula is C20H33IN4O2. The van der Waals surface area contributed by atoms with Crippen LogP contribution in [0.25, 0.3) is 0 Å². The number of nitrogens with zero attached hydrogens (tertiary/aromatic N) is 2. The van der Waals surface area contributed by atoms with Crippen LogP contribution in [0, 0.1) is 0 Å². The van der Waals surface area contributed by atoms with E-state index in [2.05, 4.69) is 29.5 Å². The van der Waals surface area contributed by atoms with E-state index < -0.39 is 0 Å². The fraction of sp³-hybridized carbons (Fsp3) is 0.600. The Labute approximate surface area is 180 Å². The van der Waals surface area contributed by atoms with E-state index in [1.54, 1.807) is 0 Å². The molecule has 0 bridgehead atoms. The molecule has 2 N–H and O–H groups in total. The molecule has 6 nitrogen and oxygen atoms in total. The zero-order valence-electron chi connectivity index (χ0n) is 16.5. The van der Waals surface area contributed by atoms with E-state index in [0.29, 0.717) is 19.6 Å². The first-order chi connectivity index (χ1) is 12.7. The van der Waals surface area contributed by atoms with E-state index in [1.165, 1.54) is 0 Å². The van der Waals surface area contributed by atoms with Gasteiger partial charge in [0.25, 0.3) is 0 Å². The predicted molar refractivity (Wildman–Crippen MR) is 122 cm³/mol. The molecule has 152 valence electrons. The second kappa shape index (κ2) is 13.8. The quantitative estimate of drug-likeness (QED) is 0.230. The van der Waals surface area contributed by atoms with Gasteiger partial charge in [0, 0.05) is 38.3 Å². The molecule has 0 spiro atoms. The van der Waals surface area contributed by atoms with Gasteiger partial charge in [-0.3, -0.25) is 4.79 Å². The van der Waals surface area contributed by atoms with Crippen LogP contribution in [-0.4, -0.2) is 44.7 Å². The monoisotopic (exact) mass is 488 g/mol. The summed E-state index contributed by atoms with van der Waals surface area (Å²) in [7, 11) is 0. The van der Waals surface area contributed by atoms with E-state index in [9.17, 15) is 4.79 Å². The summed E-state index contributed by atoms with van der Waals surface area (Å²) in [6.45, 7) is 8.69. The van der Waals surface area contributed by atoms with Gasteiger partial charge < -0.3 is 20.3 Å². The number of hydrogen-bond acceptors (Lipinski definition) is 3. The van der Waals surface area contributed by atoms with Crippen molar-refractivity contribution < 1.29 is 9.53 Å². The number of aliphatic imine (C=N–C) groups is 1. The first kappa shape index (κ1) is 23.7. The third-order valence-electron chi connectivity index (χ3n) is 4.27. The fourth-order valence-corrected chi connectivity index (χ4v) is 2.80. The molecule has 0 saturated carbocycles. The summed E-state index contributed by atoms with van der Waals surface area (Å²) in [5.74, 6) is 1.01. The summed E-state index contributed by atoms with van der Waals surface area (Å²) in [5.41, 5.74) is 2.10. The molecule has 1 heterocycles. The topological polar surface area (TPSA) is 66.0 Å². The molecule has 1 aromatic carbocycles. The van der Waals surface area contributed by atoms with E-state index in [4.69, 9.17) is 4.74 Å². The standard InChI is InChI=1S/C20H32N4O2.HI/c1-3-5-14-26-15-12-22-20(21-4-2)23-16-17-8-10-18(11-9-17)24-13-6-7-19(24)25;/h8-11H,3-7,12-16H2,1-2H3,(H2,21,22,23);1H. The number of anilines is 1. The minimum atomic E-state index is 0. The summed E-state index contributed by atoms with van der Waals surface area (Å²) in [5, 5.41) is 6.54. The van der Waals surface area contributed by atoms with E-state index in [1.807, 2.05) is 29.2 Å².